The van der Waals surface area contributed by atoms with Gasteiger partial charge in [-0.2, -0.15) is 0 Å². The van der Waals surface area contributed by atoms with Crippen molar-refractivity contribution in [2.24, 2.45) is 0 Å². The topological polar surface area (TPSA) is 0 Å². The van der Waals surface area contributed by atoms with Crippen molar-refractivity contribution in [1.29, 1.82) is 0 Å². The normalized spacial score (nSPS) is 14.6. The monoisotopic (exact) mass is 320 g/mol. The van der Waals surface area contributed by atoms with E-state index >= 15 is 0 Å². The van der Waals surface area contributed by atoms with Crippen LogP contribution in [0.5, 0.6) is 0 Å². The van der Waals surface area contributed by atoms with Crippen LogP contribution in [-0.2, 0) is 0 Å². The van der Waals surface area contributed by atoms with E-state index in [1.807, 2.05) is 0 Å². The summed E-state index contributed by atoms with van der Waals surface area (Å²) in [7, 11) is 0. The highest BCUT2D eigenvalue weighted by atomic mass is 14.2. The van der Waals surface area contributed by atoms with Crippen molar-refractivity contribution in [2.45, 2.75) is 19.8 Å². The maximum absolute atomic E-state index is 2.37. The predicted octanol–water partition coefficient (Wildman–Crippen LogP) is 5.05. The first-order chi connectivity index (χ1) is 12.2. The lowest BCUT2D eigenvalue weighted by atomic mass is 9.89. The van der Waals surface area contributed by atoms with E-state index in [2.05, 4.69) is 92.8 Å². The predicted molar refractivity (Wildman–Crippen MR) is 108 cm³/mol. The molecule has 0 radical (unpaired) electrons. The van der Waals surface area contributed by atoms with Crippen molar-refractivity contribution in [2.75, 3.05) is 0 Å². The van der Waals surface area contributed by atoms with Gasteiger partial charge in [0.1, 0.15) is 0 Å². The number of rotatable bonds is 1. The van der Waals surface area contributed by atoms with Gasteiger partial charge >= 0.3 is 0 Å². The molecular weight excluding hydrogens is 300 g/mol. The molecule has 0 aromatic heterocycles. The van der Waals surface area contributed by atoms with Crippen molar-refractivity contribution in [3.63, 3.8) is 0 Å². The first-order valence-electron chi connectivity index (χ1n) is 8.93. The van der Waals surface area contributed by atoms with Gasteiger partial charge in [-0.25, -0.2) is 0 Å². The maximum atomic E-state index is 2.37. The zero-order chi connectivity index (χ0) is 17.0. The Morgan fingerprint density at radius 3 is 2.36 bits per heavy atom. The van der Waals surface area contributed by atoms with Crippen LogP contribution >= 0.6 is 0 Å². The van der Waals surface area contributed by atoms with Gasteiger partial charge in [0.25, 0.3) is 0 Å². The molecular formula is C25H20. The molecule has 0 aliphatic heterocycles. The molecule has 2 aliphatic carbocycles. The Bertz CT molecular complexity index is 1190. The van der Waals surface area contributed by atoms with Crippen molar-refractivity contribution in [3.8, 4) is 11.1 Å². The van der Waals surface area contributed by atoms with Crippen LogP contribution in [0.15, 0.2) is 72.8 Å². The van der Waals surface area contributed by atoms with Crippen LogP contribution in [0.1, 0.15) is 30.9 Å². The number of benzene rings is 3. The van der Waals surface area contributed by atoms with Crippen LogP contribution in [0, 0.1) is 0 Å². The molecule has 0 amide bonds. The summed E-state index contributed by atoms with van der Waals surface area (Å²) in [6.45, 7) is 4.43. The first-order valence-corrected chi connectivity index (χ1v) is 8.93. The molecule has 3 aromatic carbocycles. The molecule has 0 nitrogen and oxygen atoms in total. The van der Waals surface area contributed by atoms with Gasteiger partial charge < -0.3 is 0 Å². The van der Waals surface area contributed by atoms with Gasteiger partial charge in [0.15, 0.2) is 0 Å². The third kappa shape index (κ3) is 2.07. The second kappa shape index (κ2) is 5.32. The molecule has 0 heteroatoms. The average Bonchev–Trinajstić information content (AvgIpc) is 3.28. The van der Waals surface area contributed by atoms with Gasteiger partial charge in [0.05, 0.1) is 0 Å². The fourth-order valence-corrected chi connectivity index (χ4v) is 4.29. The Morgan fingerprint density at radius 2 is 1.56 bits per heavy atom. The quantitative estimate of drug-likeness (QED) is 0.460. The summed E-state index contributed by atoms with van der Waals surface area (Å²) < 4.78 is 0. The van der Waals surface area contributed by atoms with Crippen molar-refractivity contribution >= 4 is 22.4 Å². The molecule has 3 aromatic rings. The van der Waals surface area contributed by atoms with E-state index in [1.165, 1.54) is 49.0 Å². The Labute approximate surface area is 148 Å². The molecule has 0 N–H and O–H groups in total. The van der Waals surface area contributed by atoms with Crippen molar-refractivity contribution in [3.05, 3.63) is 94.4 Å². The lowest BCUT2D eigenvalue weighted by Gasteiger charge is -2.15. The molecule has 0 fully saturated rings. The molecule has 120 valence electrons. The number of hydrogen-bond acceptors (Lipinski definition) is 0. The standard InChI is InChI=1S/C25H20/c1-16(2)20-13-11-18-12-14-22-21-10-6-5-9-19(21)15-23(22)25(18)24(20)17-7-3-4-8-17/h3-15,17H,1-2H3. The molecule has 0 bridgehead atoms. The average molecular weight is 320 g/mol. The van der Waals surface area contributed by atoms with Crippen LogP contribution in [0.4, 0.5) is 0 Å². The van der Waals surface area contributed by atoms with E-state index in [-0.39, 0.29) is 0 Å². The fraction of sp³-hybridized carbons (Fsp3) is 0.120. The summed E-state index contributed by atoms with van der Waals surface area (Å²) in [5, 5.41) is 5.50. The van der Waals surface area contributed by atoms with Gasteiger partial charge in [0.2, 0.25) is 0 Å². The maximum Gasteiger partial charge on any atom is 0.0217 e. The highest BCUT2D eigenvalue weighted by Crippen LogP contribution is 2.32. The minimum Gasteiger partial charge on any atom is -0.0732 e. The molecule has 0 unspecified atom stereocenters. The molecule has 5 rings (SSSR count). The van der Waals surface area contributed by atoms with E-state index < -0.39 is 0 Å². The second-order valence-corrected chi connectivity index (χ2v) is 7.18. The van der Waals surface area contributed by atoms with Gasteiger partial charge in [-0.3, -0.25) is 0 Å². The first kappa shape index (κ1) is 14.5. The SMILES string of the molecule is CC(C)=c1ccc2ccc3c(c2c1C1C=CC=C1)=Cc1ccccc1-3. The van der Waals surface area contributed by atoms with Gasteiger partial charge in [-0.05, 0) is 63.4 Å². The van der Waals surface area contributed by atoms with Crippen molar-refractivity contribution in [1.82, 2.24) is 0 Å². The molecule has 0 heterocycles. The summed E-state index contributed by atoms with van der Waals surface area (Å²) in [4.78, 5) is 0. The number of fused-ring (bicyclic) bond motifs is 5. The molecule has 25 heavy (non-hydrogen) atoms. The van der Waals surface area contributed by atoms with E-state index in [4.69, 9.17) is 0 Å². The second-order valence-electron chi connectivity index (χ2n) is 7.18. The third-order valence-electron chi connectivity index (χ3n) is 5.44. The lowest BCUT2D eigenvalue weighted by Crippen LogP contribution is -2.18. The van der Waals surface area contributed by atoms with Gasteiger partial charge in [-0.15, -0.1) is 0 Å². The Balaban J connectivity index is 2.00. The van der Waals surface area contributed by atoms with Crippen LogP contribution in [0.3, 0.4) is 0 Å². The summed E-state index contributed by atoms with van der Waals surface area (Å²) in [6.07, 6.45) is 11.3. The van der Waals surface area contributed by atoms with E-state index in [0.717, 1.165) is 0 Å². The van der Waals surface area contributed by atoms with Gasteiger partial charge in [0, 0.05) is 5.92 Å². The molecule has 0 spiro atoms. The minimum atomic E-state index is 0.359. The van der Waals surface area contributed by atoms with Gasteiger partial charge in [-0.1, -0.05) is 78.4 Å². The third-order valence-corrected chi connectivity index (χ3v) is 5.44. The lowest BCUT2D eigenvalue weighted by molar-refractivity contribution is 1.10. The smallest absolute Gasteiger partial charge is 0.0217 e. The van der Waals surface area contributed by atoms with Crippen molar-refractivity contribution < 1.29 is 0 Å². The van der Waals surface area contributed by atoms with E-state index in [1.54, 1.807) is 0 Å². The summed E-state index contributed by atoms with van der Waals surface area (Å²) >= 11 is 0. The Morgan fingerprint density at radius 1 is 0.800 bits per heavy atom. The Hall–Kier alpha value is -2.86. The minimum absolute atomic E-state index is 0.359. The fourth-order valence-electron chi connectivity index (χ4n) is 4.29. The summed E-state index contributed by atoms with van der Waals surface area (Å²) in [6, 6.07) is 17.9. The molecule has 0 saturated heterocycles. The van der Waals surface area contributed by atoms with Crippen LogP contribution in [0.25, 0.3) is 33.5 Å². The summed E-state index contributed by atoms with van der Waals surface area (Å²) in [5.74, 6) is 0.359. The zero-order valence-electron chi connectivity index (χ0n) is 14.6. The molecule has 2 aliphatic rings. The number of allylic oxidation sites excluding steroid dienone is 4. The van der Waals surface area contributed by atoms with Crippen LogP contribution in [0.2, 0.25) is 0 Å². The summed E-state index contributed by atoms with van der Waals surface area (Å²) in [5.41, 5.74) is 6.87. The van der Waals surface area contributed by atoms with Crippen LogP contribution in [-0.4, -0.2) is 0 Å². The van der Waals surface area contributed by atoms with E-state index in [9.17, 15) is 0 Å². The highest BCUT2D eigenvalue weighted by molar-refractivity contribution is 5.97. The molecule has 0 atom stereocenters. The number of hydrogen-bond donors (Lipinski definition) is 0. The van der Waals surface area contributed by atoms with Crippen LogP contribution < -0.4 is 10.4 Å². The molecule has 0 saturated carbocycles. The highest BCUT2D eigenvalue weighted by Gasteiger charge is 2.19. The van der Waals surface area contributed by atoms with E-state index in [0.29, 0.717) is 5.92 Å². The Kier molecular flexibility index (Phi) is 3.08. The zero-order valence-corrected chi connectivity index (χ0v) is 14.6. The largest absolute Gasteiger partial charge is 0.0732 e.